The molecule has 3 rings (SSSR count). The van der Waals surface area contributed by atoms with Crippen LogP contribution in [-0.4, -0.2) is 72.6 Å². The lowest BCUT2D eigenvalue weighted by Gasteiger charge is -2.27. The summed E-state index contributed by atoms with van der Waals surface area (Å²) in [6.45, 7) is 8.26. The molecule has 0 bridgehead atoms. The number of amides is 1. The summed E-state index contributed by atoms with van der Waals surface area (Å²) in [6, 6.07) is 0. The van der Waals surface area contributed by atoms with Crippen LogP contribution in [0.2, 0.25) is 0 Å². The molecule has 6 nitrogen and oxygen atoms in total. The van der Waals surface area contributed by atoms with Gasteiger partial charge in [-0.25, -0.2) is 0 Å². The number of hydrogen-bond donors (Lipinski definition) is 3. The van der Waals surface area contributed by atoms with E-state index in [9.17, 15) is 15.0 Å². The average Bonchev–Trinajstić information content (AvgIpc) is 3.30. The van der Waals surface area contributed by atoms with Crippen LogP contribution in [0.3, 0.4) is 0 Å². The van der Waals surface area contributed by atoms with Crippen LogP contribution < -0.4 is 5.32 Å². The zero-order valence-electron chi connectivity index (χ0n) is 20.0. The number of nitrogens with one attached hydrogen (secondary N) is 1. The fraction of sp³-hybridized carbons (Fsp3) is 0.808. The number of carbonyl (C=O) groups excluding carboxylic acids is 1. The minimum Gasteiger partial charge on any atom is -0.392 e. The van der Waals surface area contributed by atoms with Crippen molar-refractivity contribution in [2.24, 2.45) is 23.7 Å². The Balaban J connectivity index is 1.38. The molecule has 3 N–H and O–H groups in total. The van der Waals surface area contributed by atoms with Crippen molar-refractivity contribution in [3.05, 3.63) is 23.8 Å². The van der Waals surface area contributed by atoms with Crippen molar-refractivity contribution in [1.82, 2.24) is 10.2 Å². The molecule has 1 aliphatic heterocycles. The normalized spacial score (nSPS) is 29.9. The third kappa shape index (κ3) is 7.41. The predicted octanol–water partition coefficient (Wildman–Crippen LogP) is 2.90. The summed E-state index contributed by atoms with van der Waals surface area (Å²) in [6.07, 6.45) is 12.8. The van der Waals surface area contributed by atoms with Gasteiger partial charge in [0.1, 0.15) is 0 Å². The van der Waals surface area contributed by atoms with E-state index in [1.165, 1.54) is 18.4 Å². The fourth-order valence-electron chi connectivity index (χ4n) is 5.58. The highest BCUT2D eigenvalue weighted by Gasteiger charge is 2.43. The van der Waals surface area contributed by atoms with Gasteiger partial charge in [-0.3, -0.25) is 4.79 Å². The van der Waals surface area contributed by atoms with Gasteiger partial charge in [-0.05, 0) is 50.0 Å². The number of allylic oxidation sites excluding steroid dienone is 1. The quantitative estimate of drug-likeness (QED) is 0.316. The number of hydrogen-bond acceptors (Lipinski definition) is 5. The molecule has 0 spiro atoms. The minimum atomic E-state index is -0.421. The standard InChI is InChI=1S/C26H44N2O4/c1-3-4-5-19(2)14-22(29)6-7-23-24-16-20(15-21(24)17-25(23)30)8-9-27-18-26(31)28-10-12-32-13-11-28/h6-7,15,19,21-25,27,29-30H,3-5,8-14,16-18H2,1-2H3/t19-,21-,22+,23+,24-,25+/m0/s1. The van der Waals surface area contributed by atoms with Gasteiger partial charge in [0.25, 0.3) is 0 Å². The SMILES string of the molecule is CCCC[C@H](C)C[C@H](O)C=C[C@@H]1[C@H]2CC(CCNCC(=O)N3CCOCC3)=C[C@H]2C[C@H]1O. The van der Waals surface area contributed by atoms with E-state index < -0.39 is 6.10 Å². The Kier molecular flexibility index (Phi) is 10.2. The van der Waals surface area contributed by atoms with Crippen molar-refractivity contribution >= 4 is 5.91 Å². The molecule has 0 aromatic carbocycles. The van der Waals surface area contributed by atoms with Gasteiger partial charge in [0.15, 0.2) is 0 Å². The summed E-state index contributed by atoms with van der Waals surface area (Å²) in [4.78, 5) is 14.1. The minimum absolute atomic E-state index is 0.130. The van der Waals surface area contributed by atoms with Gasteiger partial charge in [-0.1, -0.05) is 56.9 Å². The highest BCUT2D eigenvalue weighted by molar-refractivity contribution is 5.78. The summed E-state index contributed by atoms with van der Waals surface area (Å²) in [5.41, 5.74) is 1.44. The van der Waals surface area contributed by atoms with E-state index in [1.807, 2.05) is 11.0 Å². The number of ether oxygens (including phenoxy) is 1. The number of rotatable bonds is 12. The number of aliphatic hydroxyl groups excluding tert-OH is 2. The molecule has 2 aliphatic carbocycles. The van der Waals surface area contributed by atoms with Crippen LogP contribution in [0.4, 0.5) is 0 Å². The number of unbranched alkanes of at least 4 members (excludes halogenated alkanes) is 1. The third-order valence-electron chi connectivity index (χ3n) is 7.46. The highest BCUT2D eigenvalue weighted by Crippen LogP contribution is 2.47. The first kappa shape index (κ1) is 25.4. The Morgan fingerprint density at radius 1 is 1.38 bits per heavy atom. The van der Waals surface area contributed by atoms with E-state index >= 15 is 0 Å². The molecule has 1 amide bonds. The third-order valence-corrected chi connectivity index (χ3v) is 7.46. The highest BCUT2D eigenvalue weighted by atomic mass is 16.5. The molecule has 0 aromatic rings. The Morgan fingerprint density at radius 2 is 2.16 bits per heavy atom. The lowest BCUT2D eigenvalue weighted by molar-refractivity contribution is -0.134. The molecule has 0 radical (unpaired) electrons. The van der Waals surface area contributed by atoms with Gasteiger partial charge >= 0.3 is 0 Å². The second kappa shape index (κ2) is 12.9. The van der Waals surface area contributed by atoms with Crippen LogP contribution >= 0.6 is 0 Å². The molecule has 1 heterocycles. The maximum Gasteiger partial charge on any atom is 0.236 e. The Hall–Kier alpha value is -1.21. The first-order chi connectivity index (χ1) is 15.5. The monoisotopic (exact) mass is 448 g/mol. The summed E-state index contributed by atoms with van der Waals surface area (Å²) >= 11 is 0. The molecular weight excluding hydrogens is 404 g/mol. The molecular formula is C26H44N2O4. The van der Waals surface area contributed by atoms with Crippen LogP contribution in [-0.2, 0) is 9.53 Å². The molecule has 0 aromatic heterocycles. The van der Waals surface area contributed by atoms with Gasteiger partial charge in [0.2, 0.25) is 5.91 Å². The van der Waals surface area contributed by atoms with E-state index in [4.69, 9.17) is 4.74 Å². The van der Waals surface area contributed by atoms with Crippen LogP contribution in [0.15, 0.2) is 23.8 Å². The van der Waals surface area contributed by atoms with Crippen LogP contribution in [0.1, 0.15) is 58.8 Å². The summed E-state index contributed by atoms with van der Waals surface area (Å²) < 4.78 is 5.30. The lowest BCUT2D eigenvalue weighted by Crippen LogP contribution is -2.44. The van der Waals surface area contributed by atoms with Crippen LogP contribution in [0.25, 0.3) is 0 Å². The zero-order chi connectivity index (χ0) is 22.9. The molecule has 1 saturated carbocycles. The topological polar surface area (TPSA) is 82.0 Å². The smallest absolute Gasteiger partial charge is 0.236 e. The van der Waals surface area contributed by atoms with Crippen LogP contribution in [0, 0.1) is 23.7 Å². The van der Waals surface area contributed by atoms with Gasteiger partial charge in [-0.2, -0.15) is 0 Å². The Bertz CT molecular complexity index is 644. The van der Waals surface area contributed by atoms with Crippen molar-refractivity contribution in [2.45, 2.75) is 71.0 Å². The second-order valence-corrected chi connectivity index (χ2v) is 10.1. The van der Waals surface area contributed by atoms with Crippen LogP contribution in [0.5, 0.6) is 0 Å². The first-order valence-corrected chi connectivity index (χ1v) is 12.8. The maximum atomic E-state index is 12.2. The lowest BCUT2D eigenvalue weighted by atomic mass is 9.88. The zero-order valence-corrected chi connectivity index (χ0v) is 20.0. The van der Waals surface area contributed by atoms with Gasteiger partial charge in [-0.15, -0.1) is 0 Å². The molecule has 32 heavy (non-hydrogen) atoms. The Morgan fingerprint density at radius 3 is 2.91 bits per heavy atom. The van der Waals surface area contributed by atoms with E-state index in [2.05, 4.69) is 31.3 Å². The molecule has 2 fully saturated rings. The number of morpholine rings is 1. The van der Waals surface area contributed by atoms with Gasteiger partial charge in [0.05, 0.1) is 32.0 Å². The number of aliphatic hydroxyl groups is 2. The van der Waals surface area contributed by atoms with E-state index in [-0.39, 0.29) is 17.9 Å². The molecule has 3 aliphatic rings. The fourth-order valence-corrected chi connectivity index (χ4v) is 5.58. The second-order valence-electron chi connectivity index (χ2n) is 10.1. The van der Waals surface area contributed by atoms with Gasteiger partial charge < -0.3 is 25.2 Å². The van der Waals surface area contributed by atoms with Gasteiger partial charge in [0, 0.05) is 19.0 Å². The van der Waals surface area contributed by atoms with E-state index in [0.717, 1.165) is 38.6 Å². The van der Waals surface area contributed by atoms with E-state index in [0.29, 0.717) is 50.6 Å². The Labute approximate surface area is 194 Å². The largest absolute Gasteiger partial charge is 0.392 e. The molecule has 0 unspecified atom stereocenters. The maximum absolute atomic E-state index is 12.2. The summed E-state index contributed by atoms with van der Waals surface area (Å²) in [5, 5.41) is 24.3. The number of fused-ring (bicyclic) bond motifs is 1. The predicted molar refractivity (Wildman–Crippen MR) is 127 cm³/mol. The van der Waals surface area contributed by atoms with Crippen molar-refractivity contribution in [2.75, 3.05) is 39.4 Å². The molecule has 1 saturated heterocycles. The average molecular weight is 449 g/mol. The van der Waals surface area contributed by atoms with Crippen molar-refractivity contribution in [1.29, 1.82) is 0 Å². The number of carbonyl (C=O) groups is 1. The molecule has 6 heteroatoms. The molecule has 6 atom stereocenters. The van der Waals surface area contributed by atoms with Crippen molar-refractivity contribution in [3.8, 4) is 0 Å². The van der Waals surface area contributed by atoms with E-state index in [1.54, 1.807) is 0 Å². The summed E-state index contributed by atoms with van der Waals surface area (Å²) in [5.74, 6) is 1.69. The van der Waals surface area contributed by atoms with Crippen molar-refractivity contribution < 1.29 is 19.7 Å². The number of nitrogens with zero attached hydrogens (tertiary/aromatic N) is 1. The first-order valence-electron chi connectivity index (χ1n) is 12.8. The summed E-state index contributed by atoms with van der Waals surface area (Å²) in [7, 11) is 0. The molecule has 182 valence electrons. The van der Waals surface area contributed by atoms with Crippen molar-refractivity contribution in [3.63, 3.8) is 0 Å².